The number of nitrogens with zero attached hydrogens (tertiary/aromatic N) is 2. The largest absolute Gasteiger partial charge is 0.327 e. The molecule has 78 valence electrons. The van der Waals surface area contributed by atoms with Crippen LogP contribution in [0.1, 0.15) is 24.7 Å². The quantitative estimate of drug-likeness (QED) is 0.714. The van der Waals surface area contributed by atoms with Crippen LogP contribution in [0.3, 0.4) is 0 Å². The number of hydrogen-bond donors (Lipinski definition) is 1. The van der Waals surface area contributed by atoms with Gasteiger partial charge in [0, 0.05) is 6.54 Å². The lowest BCUT2D eigenvalue weighted by molar-refractivity contribution is 0.459. The predicted molar refractivity (Wildman–Crippen MR) is 55.9 cm³/mol. The van der Waals surface area contributed by atoms with Crippen molar-refractivity contribution in [2.45, 2.75) is 25.4 Å². The average Bonchev–Trinajstić information content (AvgIpc) is 2.60. The van der Waals surface area contributed by atoms with Gasteiger partial charge in [-0.25, -0.2) is 9.37 Å². The number of benzene rings is 1. The number of hydrogen-bond acceptors (Lipinski definition) is 2. The first kappa shape index (κ1) is 8.85. The van der Waals surface area contributed by atoms with E-state index in [4.69, 9.17) is 5.73 Å². The van der Waals surface area contributed by atoms with E-state index in [1.807, 2.05) is 10.6 Å². The van der Waals surface area contributed by atoms with Gasteiger partial charge in [-0.05, 0) is 25.0 Å². The number of para-hydroxylation sites is 1. The Labute approximate surface area is 86.7 Å². The molecule has 1 atom stereocenters. The van der Waals surface area contributed by atoms with Crippen molar-refractivity contribution in [3.8, 4) is 0 Å². The van der Waals surface area contributed by atoms with Gasteiger partial charge in [0.15, 0.2) is 5.82 Å². The Morgan fingerprint density at radius 1 is 1.47 bits per heavy atom. The molecule has 1 aliphatic rings. The third-order valence-electron chi connectivity index (χ3n) is 2.99. The molecule has 0 saturated heterocycles. The molecule has 1 unspecified atom stereocenters. The first-order chi connectivity index (χ1) is 7.27. The molecule has 0 fully saturated rings. The van der Waals surface area contributed by atoms with Gasteiger partial charge in [0.25, 0.3) is 0 Å². The summed E-state index contributed by atoms with van der Waals surface area (Å²) in [6.07, 6.45) is 1.97. The second-order valence-electron chi connectivity index (χ2n) is 3.98. The van der Waals surface area contributed by atoms with E-state index in [0.29, 0.717) is 5.52 Å². The van der Waals surface area contributed by atoms with E-state index in [-0.39, 0.29) is 11.9 Å². The minimum Gasteiger partial charge on any atom is -0.327 e. The third-order valence-corrected chi connectivity index (χ3v) is 2.99. The molecule has 0 aliphatic carbocycles. The van der Waals surface area contributed by atoms with Crippen LogP contribution < -0.4 is 5.73 Å². The molecule has 0 spiro atoms. The Kier molecular flexibility index (Phi) is 1.79. The first-order valence-corrected chi connectivity index (χ1v) is 5.17. The maximum Gasteiger partial charge on any atom is 0.151 e. The summed E-state index contributed by atoms with van der Waals surface area (Å²) in [5.41, 5.74) is 7.26. The maximum atomic E-state index is 13.5. The van der Waals surface area contributed by atoms with E-state index < -0.39 is 0 Å². The number of nitrogens with two attached hydrogens (primary N) is 1. The Bertz CT molecular complexity index is 518. The lowest BCUT2D eigenvalue weighted by Crippen LogP contribution is -2.21. The maximum absolute atomic E-state index is 13.5. The van der Waals surface area contributed by atoms with Gasteiger partial charge in [0.2, 0.25) is 0 Å². The van der Waals surface area contributed by atoms with E-state index in [2.05, 4.69) is 4.98 Å². The van der Waals surface area contributed by atoms with Crippen LogP contribution in [0.2, 0.25) is 0 Å². The first-order valence-electron chi connectivity index (χ1n) is 5.17. The number of aromatic nitrogens is 2. The molecule has 2 aromatic rings. The lowest BCUT2D eigenvalue weighted by Gasteiger charge is -2.19. The zero-order valence-corrected chi connectivity index (χ0v) is 8.28. The van der Waals surface area contributed by atoms with E-state index in [1.165, 1.54) is 6.07 Å². The SMILES string of the molecule is NC1CCCn2c1nc1c(F)cccc12. The van der Waals surface area contributed by atoms with Gasteiger partial charge in [0.05, 0.1) is 11.6 Å². The highest BCUT2D eigenvalue weighted by atomic mass is 19.1. The van der Waals surface area contributed by atoms with Crippen molar-refractivity contribution < 1.29 is 4.39 Å². The standard InChI is InChI=1S/C11H12FN3/c12-7-3-1-5-9-10(7)14-11-8(13)4-2-6-15(9)11/h1,3,5,8H,2,4,6,13H2. The van der Waals surface area contributed by atoms with Crippen molar-refractivity contribution in [2.75, 3.05) is 0 Å². The van der Waals surface area contributed by atoms with Gasteiger partial charge >= 0.3 is 0 Å². The molecular formula is C11H12FN3. The molecule has 1 aliphatic heterocycles. The highest BCUT2D eigenvalue weighted by Gasteiger charge is 2.21. The smallest absolute Gasteiger partial charge is 0.151 e. The van der Waals surface area contributed by atoms with Crippen LogP contribution in [-0.4, -0.2) is 9.55 Å². The van der Waals surface area contributed by atoms with Crippen molar-refractivity contribution in [2.24, 2.45) is 5.73 Å². The average molecular weight is 205 g/mol. The molecule has 2 heterocycles. The van der Waals surface area contributed by atoms with Crippen LogP contribution in [0.5, 0.6) is 0 Å². The zero-order chi connectivity index (χ0) is 10.4. The number of rotatable bonds is 0. The van der Waals surface area contributed by atoms with E-state index >= 15 is 0 Å². The Hall–Kier alpha value is -1.42. The van der Waals surface area contributed by atoms with Crippen LogP contribution in [0.25, 0.3) is 11.0 Å². The van der Waals surface area contributed by atoms with E-state index in [1.54, 1.807) is 6.07 Å². The molecule has 3 nitrogen and oxygen atoms in total. The van der Waals surface area contributed by atoms with E-state index in [9.17, 15) is 4.39 Å². The van der Waals surface area contributed by atoms with Gasteiger partial charge in [-0.1, -0.05) is 6.07 Å². The predicted octanol–water partition coefficient (Wildman–Crippen LogP) is 1.97. The van der Waals surface area contributed by atoms with Gasteiger partial charge in [-0.15, -0.1) is 0 Å². The van der Waals surface area contributed by atoms with Gasteiger partial charge in [0.1, 0.15) is 11.3 Å². The van der Waals surface area contributed by atoms with Crippen molar-refractivity contribution >= 4 is 11.0 Å². The van der Waals surface area contributed by atoms with Crippen LogP contribution in [0.4, 0.5) is 4.39 Å². The topological polar surface area (TPSA) is 43.8 Å². The van der Waals surface area contributed by atoms with Gasteiger partial charge in [-0.2, -0.15) is 0 Å². The van der Waals surface area contributed by atoms with E-state index in [0.717, 1.165) is 30.7 Å². The van der Waals surface area contributed by atoms with Gasteiger partial charge in [-0.3, -0.25) is 0 Å². The highest BCUT2D eigenvalue weighted by molar-refractivity contribution is 5.76. The Balaban J connectivity index is 2.35. The molecule has 1 aromatic heterocycles. The minimum absolute atomic E-state index is 0.0504. The zero-order valence-electron chi connectivity index (χ0n) is 8.28. The number of fused-ring (bicyclic) bond motifs is 3. The van der Waals surface area contributed by atoms with Crippen LogP contribution >= 0.6 is 0 Å². The highest BCUT2D eigenvalue weighted by Crippen LogP contribution is 2.28. The van der Waals surface area contributed by atoms with Crippen molar-refractivity contribution in [3.63, 3.8) is 0 Å². The molecule has 0 radical (unpaired) electrons. The molecule has 4 heteroatoms. The molecule has 0 bridgehead atoms. The summed E-state index contributed by atoms with van der Waals surface area (Å²) in [5, 5.41) is 0. The fourth-order valence-corrected chi connectivity index (χ4v) is 2.25. The summed E-state index contributed by atoms with van der Waals surface area (Å²) in [5.74, 6) is 0.558. The molecule has 2 N–H and O–H groups in total. The summed E-state index contributed by atoms with van der Waals surface area (Å²) in [7, 11) is 0. The molecule has 0 amide bonds. The minimum atomic E-state index is -0.262. The third kappa shape index (κ3) is 1.18. The molecule has 0 saturated carbocycles. The summed E-state index contributed by atoms with van der Waals surface area (Å²) < 4.78 is 15.5. The Morgan fingerprint density at radius 2 is 2.33 bits per heavy atom. The number of halogens is 1. The lowest BCUT2D eigenvalue weighted by atomic mass is 10.1. The summed E-state index contributed by atoms with van der Waals surface area (Å²) in [4.78, 5) is 4.30. The monoisotopic (exact) mass is 205 g/mol. The number of imidazole rings is 1. The molecule has 3 rings (SSSR count). The van der Waals surface area contributed by atoms with Crippen molar-refractivity contribution in [1.82, 2.24) is 9.55 Å². The van der Waals surface area contributed by atoms with Crippen LogP contribution in [0, 0.1) is 5.82 Å². The van der Waals surface area contributed by atoms with Crippen molar-refractivity contribution in [3.05, 3.63) is 29.8 Å². The van der Waals surface area contributed by atoms with Gasteiger partial charge < -0.3 is 10.3 Å². The molecule has 1 aromatic carbocycles. The summed E-state index contributed by atoms with van der Waals surface area (Å²) >= 11 is 0. The summed E-state index contributed by atoms with van der Waals surface area (Å²) in [6.45, 7) is 0.892. The van der Waals surface area contributed by atoms with Crippen LogP contribution in [-0.2, 0) is 6.54 Å². The van der Waals surface area contributed by atoms with Crippen molar-refractivity contribution in [1.29, 1.82) is 0 Å². The second kappa shape index (κ2) is 3.03. The molecule has 15 heavy (non-hydrogen) atoms. The Morgan fingerprint density at radius 3 is 3.20 bits per heavy atom. The molecular weight excluding hydrogens is 193 g/mol. The number of aryl methyl sites for hydroxylation is 1. The second-order valence-corrected chi connectivity index (χ2v) is 3.98. The fraction of sp³-hybridized carbons (Fsp3) is 0.364. The fourth-order valence-electron chi connectivity index (χ4n) is 2.25. The van der Waals surface area contributed by atoms with Crippen LogP contribution in [0.15, 0.2) is 18.2 Å². The summed E-state index contributed by atoms with van der Waals surface area (Å²) in [6, 6.07) is 5.00. The normalized spacial score (nSPS) is 20.5.